The van der Waals surface area contributed by atoms with Gasteiger partial charge >= 0.3 is 0 Å². The van der Waals surface area contributed by atoms with E-state index in [-0.39, 0.29) is 6.23 Å². The van der Waals surface area contributed by atoms with Crippen molar-refractivity contribution in [2.45, 2.75) is 25.5 Å². The molecular weight excluding hydrogens is 347 g/mol. The number of nitrogens with zero attached hydrogens (tertiary/aromatic N) is 2. The third kappa shape index (κ3) is 2.24. The lowest BCUT2D eigenvalue weighted by molar-refractivity contribution is -0.0410. The molecule has 3 nitrogen and oxygen atoms in total. The Morgan fingerprint density at radius 1 is 1.62 bits per heavy atom. The highest BCUT2D eigenvalue weighted by Gasteiger charge is 2.18. The third-order valence-electron chi connectivity index (χ3n) is 2.09. The van der Waals surface area contributed by atoms with Gasteiger partial charge < -0.3 is 4.74 Å². The molecule has 5 heteroatoms. The minimum absolute atomic E-state index is 0.131. The Kier molecular flexibility index (Phi) is 3.26. The second kappa shape index (κ2) is 4.27. The van der Waals surface area contributed by atoms with Gasteiger partial charge in [-0.1, -0.05) is 0 Å². The van der Waals surface area contributed by atoms with Crippen molar-refractivity contribution in [3.8, 4) is 0 Å². The molecule has 0 aliphatic carbocycles. The number of ether oxygens (including phenoxy) is 1. The van der Waals surface area contributed by atoms with Crippen LogP contribution in [0.2, 0.25) is 0 Å². The standard InChI is InChI=1S/C8H10BrIN2O/c9-6-5-7(10)11-12(6)8-3-1-2-4-13-8/h5,8H,1-4H2. The molecule has 1 fully saturated rings. The summed E-state index contributed by atoms with van der Waals surface area (Å²) >= 11 is 5.67. The Balaban J connectivity index is 2.18. The summed E-state index contributed by atoms with van der Waals surface area (Å²) in [6, 6.07) is 2.00. The molecule has 0 saturated carbocycles. The number of rotatable bonds is 1. The van der Waals surface area contributed by atoms with Gasteiger partial charge in [-0.3, -0.25) is 0 Å². The molecule has 0 radical (unpaired) electrons. The molecule has 1 aromatic heterocycles. The predicted molar refractivity (Wildman–Crippen MR) is 61.5 cm³/mol. The first kappa shape index (κ1) is 9.92. The van der Waals surface area contributed by atoms with Crippen molar-refractivity contribution in [1.29, 1.82) is 0 Å². The van der Waals surface area contributed by atoms with E-state index in [0.717, 1.165) is 21.3 Å². The fraction of sp³-hybridized carbons (Fsp3) is 0.625. The maximum Gasteiger partial charge on any atom is 0.151 e. The van der Waals surface area contributed by atoms with Crippen molar-refractivity contribution < 1.29 is 4.74 Å². The molecule has 0 aromatic carbocycles. The largest absolute Gasteiger partial charge is 0.356 e. The summed E-state index contributed by atoms with van der Waals surface area (Å²) in [4.78, 5) is 0. The average molecular weight is 357 g/mol. The van der Waals surface area contributed by atoms with Crippen molar-refractivity contribution >= 4 is 38.5 Å². The zero-order valence-electron chi connectivity index (χ0n) is 7.04. The van der Waals surface area contributed by atoms with E-state index in [0.29, 0.717) is 0 Å². The van der Waals surface area contributed by atoms with Gasteiger partial charge in [0.25, 0.3) is 0 Å². The molecule has 1 saturated heterocycles. The third-order valence-corrected chi connectivity index (χ3v) is 3.21. The molecule has 13 heavy (non-hydrogen) atoms. The van der Waals surface area contributed by atoms with Crippen LogP contribution in [-0.4, -0.2) is 16.4 Å². The van der Waals surface area contributed by atoms with Gasteiger partial charge in [-0.15, -0.1) is 0 Å². The monoisotopic (exact) mass is 356 g/mol. The van der Waals surface area contributed by atoms with Crippen LogP contribution in [0, 0.1) is 3.70 Å². The van der Waals surface area contributed by atoms with Crippen LogP contribution in [0.4, 0.5) is 0 Å². The number of hydrogen-bond donors (Lipinski definition) is 0. The van der Waals surface area contributed by atoms with Gasteiger partial charge in [0, 0.05) is 12.7 Å². The highest BCUT2D eigenvalue weighted by molar-refractivity contribution is 14.1. The van der Waals surface area contributed by atoms with Gasteiger partial charge in [-0.2, -0.15) is 5.10 Å². The minimum Gasteiger partial charge on any atom is -0.356 e. The Hall–Kier alpha value is 0.380. The lowest BCUT2D eigenvalue weighted by Gasteiger charge is -2.23. The Bertz CT molecular complexity index is 296. The molecule has 2 rings (SSSR count). The normalized spacial score (nSPS) is 23.4. The van der Waals surface area contributed by atoms with Crippen LogP contribution in [-0.2, 0) is 4.74 Å². The first-order chi connectivity index (χ1) is 6.27. The van der Waals surface area contributed by atoms with Gasteiger partial charge in [0.1, 0.15) is 8.30 Å². The van der Waals surface area contributed by atoms with Crippen LogP contribution in [0.5, 0.6) is 0 Å². The Labute approximate surface area is 99.1 Å². The van der Waals surface area contributed by atoms with Crippen LogP contribution in [0.3, 0.4) is 0 Å². The summed E-state index contributed by atoms with van der Waals surface area (Å²) in [7, 11) is 0. The maximum absolute atomic E-state index is 5.63. The quantitative estimate of drug-likeness (QED) is 0.723. The summed E-state index contributed by atoms with van der Waals surface area (Å²) in [5.74, 6) is 0. The molecule has 0 amide bonds. The lowest BCUT2D eigenvalue weighted by atomic mass is 10.2. The van der Waals surface area contributed by atoms with Gasteiger partial charge in [0.15, 0.2) is 6.23 Å². The molecular formula is C8H10BrIN2O. The van der Waals surface area contributed by atoms with E-state index >= 15 is 0 Å². The van der Waals surface area contributed by atoms with E-state index in [9.17, 15) is 0 Å². The molecule has 1 aliphatic rings. The first-order valence-corrected chi connectivity index (χ1v) is 6.17. The Morgan fingerprint density at radius 2 is 2.46 bits per heavy atom. The molecule has 0 N–H and O–H groups in total. The van der Waals surface area contributed by atoms with Crippen molar-refractivity contribution in [3.63, 3.8) is 0 Å². The van der Waals surface area contributed by atoms with E-state index in [1.54, 1.807) is 0 Å². The number of aromatic nitrogens is 2. The van der Waals surface area contributed by atoms with Crippen molar-refractivity contribution in [3.05, 3.63) is 14.4 Å². The lowest BCUT2D eigenvalue weighted by Crippen LogP contribution is -2.19. The first-order valence-electron chi connectivity index (χ1n) is 4.29. The van der Waals surface area contributed by atoms with Crippen molar-refractivity contribution in [2.24, 2.45) is 0 Å². The molecule has 0 spiro atoms. The zero-order chi connectivity index (χ0) is 9.26. The summed E-state index contributed by atoms with van der Waals surface area (Å²) in [5, 5.41) is 4.37. The molecule has 1 aliphatic heterocycles. The summed E-state index contributed by atoms with van der Waals surface area (Å²) in [5.41, 5.74) is 0. The van der Waals surface area contributed by atoms with E-state index in [2.05, 4.69) is 43.6 Å². The SMILES string of the molecule is Brc1cc(I)nn1C1CCCCO1. The summed E-state index contributed by atoms with van der Waals surface area (Å²) in [6.45, 7) is 0.855. The van der Waals surface area contributed by atoms with Gasteiger partial charge in [-0.25, -0.2) is 4.68 Å². The smallest absolute Gasteiger partial charge is 0.151 e. The fourth-order valence-corrected chi connectivity index (χ4v) is 2.94. The minimum atomic E-state index is 0.131. The van der Waals surface area contributed by atoms with Crippen LogP contribution in [0.25, 0.3) is 0 Å². The van der Waals surface area contributed by atoms with Crippen molar-refractivity contribution in [1.82, 2.24) is 9.78 Å². The fourth-order valence-electron chi connectivity index (χ4n) is 1.46. The predicted octanol–water partition coefficient (Wildman–Crippen LogP) is 2.95. The van der Waals surface area contributed by atoms with Crippen LogP contribution in [0.1, 0.15) is 25.5 Å². The summed E-state index contributed by atoms with van der Waals surface area (Å²) < 4.78 is 9.55. The van der Waals surface area contributed by atoms with Gasteiger partial charge in [0.05, 0.1) is 0 Å². The van der Waals surface area contributed by atoms with E-state index in [1.165, 1.54) is 12.8 Å². The Morgan fingerprint density at radius 3 is 3.00 bits per heavy atom. The number of hydrogen-bond acceptors (Lipinski definition) is 2. The maximum atomic E-state index is 5.63. The highest BCUT2D eigenvalue weighted by atomic mass is 127. The second-order valence-electron chi connectivity index (χ2n) is 3.06. The van der Waals surface area contributed by atoms with E-state index < -0.39 is 0 Å². The van der Waals surface area contributed by atoms with Crippen molar-refractivity contribution in [2.75, 3.05) is 6.61 Å². The molecule has 72 valence electrons. The average Bonchev–Trinajstić information content (AvgIpc) is 2.47. The van der Waals surface area contributed by atoms with E-state index in [1.807, 2.05) is 10.7 Å². The highest BCUT2D eigenvalue weighted by Crippen LogP contribution is 2.26. The van der Waals surface area contributed by atoms with Gasteiger partial charge in [-0.05, 0) is 57.8 Å². The summed E-state index contributed by atoms with van der Waals surface area (Å²) in [6.07, 6.45) is 3.60. The van der Waals surface area contributed by atoms with Crippen LogP contribution in [0.15, 0.2) is 10.7 Å². The molecule has 2 heterocycles. The van der Waals surface area contributed by atoms with E-state index in [4.69, 9.17) is 4.74 Å². The molecule has 1 atom stereocenters. The van der Waals surface area contributed by atoms with Gasteiger partial charge in [0.2, 0.25) is 0 Å². The molecule has 1 aromatic rings. The number of halogens is 2. The topological polar surface area (TPSA) is 27.1 Å². The molecule has 0 bridgehead atoms. The van der Waals surface area contributed by atoms with Crippen LogP contribution >= 0.6 is 38.5 Å². The van der Waals surface area contributed by atoms with Crippen LogP contribution < -0.4 is 0 Å². The zero-order valence-corrected chi connectivity index (χ0v) is 10.8. The molecule has 1 unspecified atom stereocenters. The second-order valence-corrected chi connectivity index (χ2v) is 4.97.